The molecule has 0 saturated carbocycles. The van der Waals surface area contributed by atoms with Gasteiger partial charge in [0.2, 0.25) is 5.91 Å². The molecule has 1 saturated heterocycles. The van der Waals surface area contributed by atoms with E-state index in [-0.39, 0.29) is 31.4 Å². The first-order valence-electron chi connectivity index (χ1n) is 10.1. The number of carbonyl (C=O) groups excluding carboxylic acids is 1. The van der Waals surface area contributed by atoms with Gasteiger partial charge < -0.3 is 19.3 Å². The Labute approximate surface area is 181 Å². The monoisotopic (exact) mass is 427 g/mol. The summed E-state index contributed by atoms with van der Waals surface area (Å²) in [5.74, 6) is 0.712. The fraction of sp³-hybridized carbons (Fsp3) is 0.455. The second-order valence-electron chi connectivity index (χ2n) is 7.23. The Morgan fingerprint density at radius 1 is 1.16 bits per heavy atom. The van der Waals surface area contributed by atoms with E-state index < -0.39 is 0 Å². The highest BCUT2D eigenvalue weighted by Gasteiger charge is 2.26. The summed E-state index contributed by atoms with van der Waals surface area (Å²) in [7, 11) is 3.07. The van der Waals surface area contributed by atoms with Crippen LogP contribution in [0.15, 0.2) is 24.3 Å². The average molecular weight is 427 g/mol. The lowest BCUT2D eigenvalue weighted by Crippen LogP contribution is -2.50. The molecule has 1 aromatic heterocycles. The molecule has 31 heavy (non-hydrogen) atoms. The summed E-state index contributed by atoms with van der Waals surface area (Å²) in [6.45, 7) is 2.46. The van der Waals surface area contributed by atoms with Crippen molar-refractivity contribution in [3.05, 3.63) is 52.7 Å². The number of amides is 1. The molecule has 0 spiro atoms. The minimum atomic E-state index is -0.298. The molecule has 0 atom stereocenters. The molecule has 0 aliphatic carbocycles. The highest BCUT2D eigenvalue weighted by Crippen LogP contribution is 2.27. The van der Waals surface area contributed by atoms with Gasteiger partial charge in [-0.2, -0.15) is 5.26 Å². The number of halogens is 1. The standard InChI is InChI=1S/C22H26FN5O3/c1-30-14-19-17(13-16-5-3-4-6-18(16)23)22(26-20(25-19)7-8-24)28-11-9-27(10-12-28)21(29)15-31-2/h3-6H,7,9-15H2,1-2H3. The lowest BCUT2D eigenvalue weighted by atomic mass is 10.0. The number of aromatic nitrogens is 2. The molecule has 0 radical (unpaired) electrons. The van der Waals surface area contributed by atoms with Gasteiger partial charge in [0.15, 0.2) is 0 Å². The Bertz CT molecular complexity index is 955. The van der Waals surface area contributed by atoms with Crippen molar-refractivity contribution in [2.24, 2.45) is 0 Å². The minimum absolute atomic E-state index is 0.0519. The van der Waals surface area contributed by atoms with E-state index in [4.69, 9.17) is 14.7 Å². The van der Waals surface area contributed by atoms with Crippen LogP contribution >= 0.6 is 0 Å². The number of carbonyl (C=O) groups is 1. The van der Waals surface area contributed by atoms with Crippen LogP contribution in [0.2, 0.25) is 0 Å². The van der Waals surface area contributed by atoms with Gasteiger partial charge in [-0.1, -0.05) is 18.2 Å². The van der Waals surface area contributed by atoms with Crippen molar-refractivity contribution in [3.8, 4) is 6.07 Å². The molecule has 1 amide bonds. The summed E-state index contributed by atoms with van der Waals surface area (Å²) >= 11 is 0. The number of piperazine rings is 1. The molecule has 1 aromatic carbocycles. The first-order valence-corrected chi connectivity index (χ1v) is 10.1. The Kier molecular flexibility index (Phi) is 7.87. The van der Waals surface area contributed by atoms with Gasteiger partial charge in [-0.15, -0.1) is 0 Å². The highest BCUT2D eigenvalue weighted by atomic mass is 19.1. The van der Waals surface area contributed by atoms with Crippen molar-refractivity contribution < 1.29 is 18.7 Å². The molecule has 0 N–H and O–H groups in total. The van der Waals surface area contributed by atoms with E-state index in [9.17, 15) is 9.18 Å². The third kappa shape index (κ3) is 5.54. The van der Waals surface area contributed by atoms with Crippen LogP contribution in [0.1, 0.15) is 22.6 Å². The van der Waals surface area contributed by atoms with Gasteiger partial charge in [-0.25, -0.2) is 14.4 Å². The van der Waals surface area contributed by atoms with E-state index in [1.54, 1.807) is 30.2 Å². The van der Waals surface area contributed by atoms with E-state index in [1.165, 1.54) is 13.2 Å². The van der Waals surface area contributed by atoms with Crippen molar-refractivity contribution in [2.45, 2.75) is 19.4 Å². The maximum atomic E-state index is 14.4. The normalized spacial score (nSPS) is 13.9. The summed E-state index contributed by atoms with van der Waals surface area (Å²) in [4.78, 5) is 25.1. The summed E-state index contributed by atoms with van der Waals surface area (Å²) in [6.07, 6.45) is 0.367. The number of anilines is 1. The Hall–Kier alpha value is -3.09. The topological polar surface area (TPSA) is 91.6 Å². The van der Waals surface area contributed by atoms with Gasteiger partial charge in [0.1, 0.15) is 24.1 Å². The van der Waals surface area contributed by atoms with Crippen LogP contribution in [-0.2, 0) is 33.7 Å². The zero-order chi connectivity index (χ0) is 22.2. The lowest BCUT2D eigenvalue weighted by molar-refractivity contribution is -0.135. The van der Waals surface area contributed by atoms with E-state index in [0.717, 1.165) is 5.56 Å². The van der Waals surface area contributed by atoms with Crippen molar-refractivity contribution in [1.82, 2.24) is 14.9 Å². The Morgan fingerprint density at radius 3 is 2.55 bits per heavy atom. The minimum Gasteiger partial charge on any atom is -0.378 e. The molecule has 8 nitrogen and oxygen atoms in total. The average Bonchev–Trinajstić information content (AvgIpc) is 2.77. The van der Waals surface area contributed by atoms with Crippen molar-refractivity contribution in [3.63, 3.8) is 0 Å². The van der Waals surface area contributed by atoms with Gasteiger partial charge >= 0.3 is 0 Å². The number of methoxy groups -OCH3 is 2. The second kappa shape index (κ2) is 10.8. The van der Waals surface area contributed by atoms with Crippen molar-refractivity contribution >= 4 is 11.7 Å². The summed E-state index contributed by atoms with van der Waals surface area (Å²) in [5, 5.41) is 9.15. The van der Waals surface area contributed by atoms with Crippen LogP contribution in [0.3, 0.4) is 0 Å². The molecule has 9 heteroatoms. The summed E-state index contributed by atoms with van der Waals surface area (Å²) in [6, 6.07) is 8.69. The number of hydrogen-bond donors (Lipinski definition) is 0. The third-order valence-electron chi connectivity index (χ3n) is 5.16. The fourth-order valence-electron chi connectivity index (χ4n) is 3.63. The number of hydrogen-bond acceptors (Lipinski definition) is 7. The van der Waals surface area contributed by atoms with Crippen LogP contribution in [-0.4, -0.2) is 67.8 Å². The molecule has 1 aliphatic heterocycles. The SMILES string of the molecule is COCC(=O)N1CCN(c2nc(CC#N)nc(COC)c2Cc2ccccc2F)CC1. The summed E-state index contributed by atoms with van der Waals surface area (Å²) < 4.78 is 24.7. The quantitative estimate of drug-likeness (QED) is 0.633. The third-order valence-corrected chi connectivity index (χ3v) is 5.16. The van der Waals surface area contributed by atoms with E-state index in [2.05, 4.69) is 20.9 Å². The van der Waals surface area contributed by atoms with Crippen LogP contribution in [0.25, 0.3) is 0 Å². The lowest BCUT2D eigenvalue weighted by Gasteiger charge is -2.36. The Balaban J connectivity index is 1.96. The maximum absolute atomic E-state index is 14.4. The molecule has 1 fully saturated rings. The van der Waals surface area contributed by atoms with Crippen LogP contribution in [0.4, 0.5) is 10.2 Å². The van der Waals surface area contributed by atoms with Gasteiger partial charge in [-0.05, 0) is 11.6 Å². The van der Waals surface area contributed by atoms with Crippen molar-refractivity contribution in [2.75, 3.05) is 51.9 Å². The van der Waals surface area contributed by atoms with Crippen LogP contribution in [0, 0.1) is 17.1 Å². The second-order valence-corrected chi connectivity index (χ2v) is 7.23. The Morgan fingerprint density at radius 2 is 1.90 bits per heavy atom. The molecule has 0 unspecified atom stereocenters. The van der Waals surface area contributed by atoms with Gasteiger partial charge in [0, 0.05) is 52.4 Å². The van der Waals surface area contributed by atoms with E-state index in [1.807, 2.05) is 0 Å². The van der Waals surface area contributed by atoms with Crippen LogP contribution in [0.5, 0.6) is 0 Å². The fourth-order valence-corrected chi connectivity index (χ4v) is 3.63. The predicted molar refractivity (Wildman–Crippen MR) is 112 cm³/mol. The molecule has 3 rings (SSSR count). The van der Waals surface area contributed by atoms with Gasteiger partial charge in [-0.3, -0.25) is 4.79 Å². The number of nitrogens with zero attached hydrogens (tertiary/aromatic N) is 5. The first-order chi connectivity index (χ1) is 15.1. The van der Waals surface area contributed by atoms with E-state index in [0.29, 0.717) is 55.5 Å². The summed E-state index contributed by atoms with van der Waals surface area (Å²) in [5.41, 5.74) is 1.94. The molecular formula is C22H26FN5O3. The zero-order valence-corrected chi connectivity index (χ0v) is 17.8. The number of benzene rings is 1. The number of nitriles is 1. The molecule has 2 aromatic rings. The smallest absolute Gasteiger partial charge is 0.248 e. The number of rotatable bonds is 8. The zero-order valence-electron chi connectivity index (χ0n) is 17.8. The molecule has 1 aliphatic rings. The molecule has 2 heterocycles. The van der Waals surface area contributed by atoms with Crippen LogP contribution < -0.4 is 4.90 Å². The predicted octanol–water partition coefficient (Wildman–Crippen LogP) is 1.71. The largest absolute Gasteiger partial charge is 0.378 e. The number of ether oxygens (including phenoxy) is 2. The highest BCUT2D eigenvalue weighted by molar-refractivity contribution is 5.77. The molecule has 0 bridgehead atoms. The first kappa shape index (κ1) is 22.6. The molecular weight excluding hydrogens is 401 g/mol. The van der Waals surface area contributed by atoms with Gasteiger partial charge in [0.25, 0.3) is 0 Å². The molecule has 164 valence electrons. The van der Waals surface area contributed by atoms with Crippen molar-refractivity contribution in [1.29, 1.82) is 5.26 Å². The van der Waals surface area contributed by atoms with E-state index >= 15 is 0 Å². The maximum Gasteiger partial charge on any atom is 0.248 e. The van der Waals surface area contributed by atoms with Gasteiger partial charge in [0.05, 0.1) is 24.8 Å².